The molecule has 5 fully saturated rings. The molecule has 18 atom stereocenters. The number of likely N-dealkylation sites (N-methyl/N-ethyl adjacent to an activating group) is 1. The van der Waals surface area contributed by atoms with E-state index < -0.39 is 204 Å². The Morgan fingerprint density at radius 2 is 1.42 bits per heavy atom. The normalized spacial score (nSPS) is 29.2. The number of aromatic amines is 1. The molecule has 1 aromatic heterocycles. The van der Waals surface area contributed by atoms with Crippen LogP contribution >= 0.6 is 0 Å². The number of β-amino-alcohol motifs (C(OH)–C–C–N with tert-alkyl or cyclic N) is 1. The number of ether oxygens (including phenoxy) is 2. The average molecular weight is 1590 g/mol. The predicted molar refractivity (Wildman–Crippen MR) is 414 cm³/mol. The van der Waals surface area contributed by atoms with E-state index in [2.05, 4.69) is 57.3 Å². The molecule has 10 amide bonds. The van der Waals surface area contributed by atoms with Gasteiger partial charge in [0.15, 0.2) is 5.60 Å². The summed E-state index contributed by atoms with van der Waals surface area (Å²) in [5, 5.41) is 101. The molecule has 3 aromatic rings. The minimum atomic E-state index is -2.53. The van der Waals surface area contributed by atoms with Gasteiger partial charge in [-0.05, 0) is 119 Å². The van der Waals surface area contributed by atoms with Crippen LogP contribution in [0.3, 0.4) is 0 Å². The summed E-state index contributed by atoms with van der Waals surface area (Å²) in [6.45, 7) is 7.88. The van der Waals surface area contributed by atoms with Crippen molar-refractivity contribution in [3.05, 3.63) is 70.9 Å². The molecule has 34 heteroatoms. The van der Waals surface area contributed by atoms with E-state index in [0.717, 1.165) is 33.4 Å². The summed E-state index contributed by atoms with van der Waals surface area (Å²) in [5.74, 6) is -10.6. The highest BCUT2D eigenvalue weighted by Gasteiger charge is 2.79. The lowest BCUT2D eigenvalue weighted by Gasteiger charge is -2.63. The minimum absolute atomic E-state index is 0.0773. The van der Waals surface area contributed by atoms with Gasteiger partial charge in [0.2, 0.25) is 53.2 Å². The molecule has 8 aliphatic rings. The van der Waals surface area contributed by atoms with Crippen LogP contribution < -0.4 is 57.9 Å². The number of carbonyl (C=O) groups excluding carboxylic acids is 11. The summed E-state index contributed by atoms with van der Waals surface area (Å²) in [6.07, 6.45) is 5.58. The minimum Gasteiger partial charge on any atom is -0.496 e. The number of likely N-dealkylation sites (tertiary alicyclic amines) is 1. The number of para-hydroxylation sites is 1. The molecule has 11 rings (SSSR count). The molecule has 0 radical (unpaired) electrons. The van der Waals surface area contributed by atoms with Gasteiger partial charge in [-0.15, -0.1) is 0 Å². The van der Waals surface area contributed by atoms with Crippen molar-refractivity contribution in [3.8, 4) is 5.75 Å². The van der Waals surface area contributed by atoms with Gasteiger partial charge in [0.1, 0.15) is 66.2 Å². The first-order valence-electron chi connectivity index (χ1n) is 40.2. The van der Waals surface area contributed by atoms with Gasteiger partial charge in [-0.25, -0.2) is 0 Å². The lowest BCUT2D eigenvalue weighted by molar-refractivity contribution is -0.203. The number of H-pyrrole nitrogens is 1. The zero-order chi connectivity index (χ0) is 82.7. The maximum atomic E-state index is 15.7. The number of hydrogen-bond acceptors (Lipinski definition) is 23. The topological polar surface area (TPSA) is 499 Å². The number of nitrogens with two attached hydrogens (primary N) is 1. The number of hydrogen-bond donors (Lipinski definition) is 17. The smallest absolute Gasteiger partial charge is 0.322 e. The van der Waals surface area contributed by atoms with Crippen LogP contribution in [0.2, 0.25) is 0 Å². The van der Waals surface area contributed by atoms with Gasteiger partial charge in [0, 0.05) is 116 Å². The zero-order valence-corrected chi connectivity index (χ0v) is 66.4. The van der Waals surface area contributed by atoms with E-state index in [4.69, 9.17) is 15.2 Å². The van der Waals surface area contributed by atoms with Crippen LogP contribution in [0.5, 0.6) is 5.75 Å². The van der Waals surface area contributed by atoms with E-state index in [1.165, 1.54) is 14.0 Å². The number of piperidine rings is 1. The summed E-state index contributed by atoms with van der Waals surface area (Å²) in [5.41, 5.74) is 2.46. The largest absolute Gasteiger partial charge is 0.496 e. The fourth-order valence-electron chi connectivity index (χ4n) is 20.3. The number of rotatable bonds is 31. The Balaban J connectivity index is 0.768. The predicted octanol–water partition coefficient (Wildman–Crippen LogP) is -2.76. The molecule has 114 heavy (non-hydrogen) atoms. The molecule has 1 spiro atoms. The Kier molecular flexibility index (Phi) is 26.6. The van der Waals surface area contributed by atoms with Crippen molar-refractivity contribution >= 4 is 81.6 Å². The fourth-order valence-corrected chi connectivity index (χ4v) is 20.3. The molecule has 7 unspecified atom stereocenters. The van der Waals surface area contributed by atoms with Crippen molar-refractivity contribution < 1.29 is 98.0 Å². The number of aliphatic hydroxyl groups excluding tert-OH is 5. The van der Waals surface area contributed by atoms with E-state index >= 15 is 9.59 Å². The van der Waals surface area contributed by atoms with Gasteiger partial charge >= 0.3 is 5.97 Å². The Hall–Kier alpha value is -8.87. The number of aromatic nitrogens is 1. The van der Waals surface area contributed by atoms with Gasteiger partial charge in [-0.1, -0.05) is 77.3 Å². The Morgan fingerprint density at radius 3 is 2.08 bits per heavy atom. The second-order valence-electron chi connectivity index (χ2n) is 33.0. The number of amides is 10. The molecular weight excluding hydrogens is 1480 g/mol. The number of nitrogens with zero attached hydrogens (tertiary/aromatic N) is 4. The van der Waals surface area contributed by atoms with Gasteiger partial charge in [-0.3, -0.25) is 62.5 Å². The van der Waals surface area contributed by atoms with Crippen molar-refractivity contribution in [1.82, 2.24) is 62.2 Å². The number of benzene rings is 2. The van der Waals surface area contributed by atoms with Crippen molar-refractivity contribution in [3.63, 3.8) is 0 Å². The second-order valence-corrected chi connectivity index (χ2v) is 33.0. The number of carbonyl (C=O) groups is 11. The van der Waals surface area contributed by atoms with Crippen LogP contribution in [0.4, 0.5) is 5.69 Å². The molecule has 626 valence electrons. The van der Waals surface area contributed by atoms with E-state index in [1.54, 1.807) is 28.0 Å². The highest BCUT2D eigenvalue weighted by atomic mass is 16.5. The van der Waals surface area contributed by atoms with E-state index in [9.17, 15) is 78.9 Å². The quantitative estimate of drug-likeness (QED) is 0.0176. The van der Waals surface area contributed by atoms with Crippen LogP contribution in [0, 0.1) is 23.2 Å². The summed E-state index contributed by atoms with van der Waals surface area (Å²) in [6, 6.07) is -0.0752. The first-order chi connectivity index (χ1) is 54.3. The summed E-state index contributed by atoms with van der Waals surface area (Å²) in [7, 11) is 4.72. The number of methoxy groups -OCH3 is 2. The van der Waals surface area contributed by atoms with E-state index in [-0.39, 0.29) is 44.8 Å². The third-order valence-corrected chi connectivity index (χ3v) is 25.8. The van der Waals surface area contributed by atoms with Crippen molar-refractivity contribution in [2.45, 2.75) is 220 Å². The number of primary amides is 1. The van der Waals surface area contributed by atoms with Crippen LogP contribution in [0.25, 0.3) is 10.9 Å². The van der Waals surface area contributed by atoms with Gasteiger partial charge < -0.3 is 108 Å². The van der Waals surface area contributed by atoms with Crippen molar-refractivity contribution in [2.24, 2.45) is 28.9 Å². The number of aliphatic hydroxyl groups is 7. The monoisotopic (exact) mass is 1590 g/mol. The van der Waals surface area contributed by atoms with Gasteiger partial charge in [0.05, 0.1) is 45.2 Å². The van der Waals surface area contributed by atoms with Crippen molar-refractivity contribution in [2.75, 3.05) is 98.3 Å². The number of anilines is 1. The summed E-state index contributed by atoms with van der Waals surface area (Å²) < 4.78 is 12.5. The van der Waals surface area contributed by atoms with Crippen molar-refractivity contribution in [1.29, 1.82) is 0 Å². The number of esters is 1. The van der Waals surface area contributed by atoms with Crippen LogP contribution in [-0.4, -0.2) is 292 Å². The zero-order valence-electron chi connectivity index (χ0n) is 66.4. The van der Waals surface area contributed by atoms with E-state index in [0.29, 0.717) is 113 Å². The highest BCUT2D eigenvalue weighted by molar-refractivity contribution is 5.99. The standard InChI is InChI=1S/C80H116N14O20/c1-9-76(111)35-45-36-79(75(110)114-8,63-49(24-30-92(37-45)42-76)48-20-14-15-21-52(48)85-63)51-33-50-56(34-58(51)113-7)91(6)72-78(50)26-31-93-29-16-25-77(10-2,71(78)93)73(108)80(72,112)74(109)83-28-17-27-82-69(106)61(43(3)4)89-66(103)55(40-96)88-65(102)53(22-23-59(81)99)86-70(107)62(46-18-12-11-13-19-46)90-67(104)54(39-95)87-64(101)44(5)84-68(105)57-32-47(98)38-94(57)60(100)41-97/h14-16,20-21,25,33-34,43-47,53-55,57,61-62,71-73,85,95-98,108,111-112H,9-13,17-19,22-24,26-32,35-42H2,1-8H3,(H2,81,99)(H,82,106)(H,83,109)(H,84,105)(H,86,107)(H,87,101)(H,88,102)(H,89,103)(H,90,104)/t44-,45?,47+,53-,54-,55-,57?,61-,62?,71?,72?,73+,76-,77+,78?,79-,80-/m0/s1. The summed E-state index contributed by atoms with van der Waals surface area (Å²) in [4.78, 5) is 164. The highest BCUT2D eigenvalue weighted by Crippen LogP contribution is 2.68. The first-order valence-corrected chi connectivity index (χ1v) is 40.2. The maximum absolute atomic E-state index is 15.7. The third-order valence-electron chi connectivity index (χ3n) is 25.8. The maximum Gasteiger partial charge on any atom is 0.322 e. The van der Waals surface area contributed by atoms with Gasteiger partial charge in [0.25, 0.3) is 5.91 Å². The molecule has 7 heterocycles. The third kappa shape index (κ3) is 16.1. The average Bonchev–Trinajstić information content (AvgIpc) is 1.46. The van der Waals surface area contributed by atoms with Crippen LogP contribution in [0.1, 0.15) is 147 Å². The lowest BCUT2D eigenvalue weighted by Crippen LogP contribution is -2.81. The van der Waals surface area contributed by atoms with Gasteiger partial charge in [-0.2, -0.15) is 0 Å². The molecular formula is C80H116N14O20. The van der Waals surface area contributed by atoms with Crippen LogP contribution in [-0.2, 0) is 74.7 Å². The lowest BCUT2D eigenvalue weighted by atomic mass is 9.47. The first kappa shape index (κ1) is 86.0. The molecule has 6 aliphatic heterocycles. The number of fused-ring (bicyclic) bond motifs is 6. The molecule has 2 aliphatic carbocycles. The fraction of sp³-hybridized carbons (Fsp3) is 0.662. The summed E-state index contributed by atoms with van der Waals surface area (Å²) >= 11 is 0. The Morgan fingerprint density at radius 1 is 0.746 bits per heavy atom. The Bertz CT molecular complexity index is 4150. The molecule has 2 bridgehead atoms. The number of nitrogens with one attached hydrogen (secondary N) is 9. The second kappa shape index (κ2) is 35.3. The van der Waals surface area contributed by atoms with Crippen LogP contribution in [0.15, 0.2) is 48.6 Å². The SMILES string of the molecule is CC[C@]1(O)CC2CN(CCc3c([nH]c4ccccc34)[C@@](C(=O)OC)(c3cc4c(cc3OC)N(C)C3C45CCN4CC=C[C@](CC)(C45)[C@@H](O)[C@]3(O)C(=O)NCCCNC(=O)[C@@H](NC(=O)[C@H](CO)NC(=O)[C@H](CCC(N)=O)NC(=O)C(NC(=O)[C@H](CO)NC(=O)[C@H](C)NC(=O)C3C[C@@H](O)CN3C(=O)CO)C3CCCCC3)C(C)C)C2)C1. The molecule has 34 nitrogen and oxygen atoms in total. The molecule has 18 N–H and O–H groups in total. The molecule has 3 saturated heterocycles. The van der Waals surface area contributed by atoms with E-state index in [1.807, 2.05) is 67.3 Å². The molecule has 2 saturated carbocycles. The Labute approximate surface area is 662 Å². The molecule has 2 aromatic carbocycles.